The number of aromatic carboxylic acids is 1. The van der Waals surface area contributed by atoms with Gasteiger partial charge in [0.05, 0.1) is 5.56 Å². The smallest absolute Gasteiger partial charge is 0.336 e. The van der Waals surface area contributed by atoms with Gasteiger partial charge >= 0.3 is 5.97 Å². The summed E-state index contributed by atoms with van der Waals surface area (Å²) in [7, 11) is 2.16. The average molecular weight is 254 g/mol. The van der Waals surface area contributed by atoms with Crippen LogP contribution in [0.3, 0.4) is 0 Å². The van der Waals surface area contributed by atoms with E-state index in [1.54, 1.807) is 11.4 Å². The summed E-state index contributed by atoms with van der Waals surface area (Å²) in [4.78, 5) is 14.2. The topological polar surface area (TPSA) is 52.6 Å². The standard InChI is InChI=1S/C12H18N2O2S/c1-14(10-2-3-10)5-4-13-7-11-6-9(8-17-11)12(15)16/h6,8,10,13H,2-5,7H2,1H3,(H,15,16). The highest BCUT2D eigenvalue weighted by atomic mass is 32.1. The number of carboxylic acids is 1. The molecule has 0 amide bonds. The van der Waals surface area contributed by atoms with E-state index in [4.69, 9.17) is 5.11 Å². The lowest BCUT2D eigenvalue weighted by Gasteiger charge is -2.15. The zero-order valence-corrected chi connectivity index (χ0v) is 10.8. The first-order chi connectivity index (χ1) is 8.16. The summed E-state index contributed by atoms with van der Waals surface area (Å²) in [5.41, 5.74) is 0.391. The molecule has 94 valence electrons. The molecule has 17 heavy (non-hydrogen) atoms. The minimum Gasteiger partial charge on any atom is -0.478 e. The Morgan fingerprint density at radius 2 is 2.41 bits per heavy atom. The molecule has 2 N–H and O–H groups in total. The van der Waals surface area contributed by atoms with Crippen LogP contribution in [-0.4, -0.2) is 42.2 Å². The molecule has 2 rings (SSSR count). The SMILES string of the molecule is CN(CCNCc1cc(C(=O)O)cs1)C1CC1. The lowest BCUT2D eigenvalue weighted by Crippen LogP contribution is -2.30. The maximum atomic E-state index is 10.7. The summed E-state index contributed by atoms with van der Waals surface area (Å²) in [6, 6.07) is 2.54. The van der Waals surface area contributed by atoms with E-state index in [1.165, 1.54) is 24.2 Å². The third-order valence-electron chi connectivity index (χ3n) is 3.01. The summed E-state index contributed by atoms with van der Waals surface area (Å²) in [6.45, 7) is 2.77. The van der Waals surface area contributed by atoms with Gasteiger partial charge in [-0.25, -0.2) is 4.79 Å². The van der Waals surface area contributed by atoms with E-state index in [0.29, 0.717) is 5.56 Å². The summed E-state index contributed by atoms with van der Waals surface area (Å²) in [5, 5.41) is 13.8. The summed E-state index contributed by atoms with van der Waals surface area (Å²) in [6.07, 6.45) is 2.67. The Labute approximate surface area is 105 Å². The van der Waals surface area contributed by atoms with Crippen molar-refractivity contribution in [3.05, 3.63) is 21.9 Å². The van der Waals surface area contributed by atoms with Crippen LogP contribution in [0.4, 0.5) is 0 Å². The van der Waals surface area contributed by atoms with Crippen LogP contribution in [0.5, 0.6) is 0 Å². The van der Waals surface area contributed by atoms with Crippen LogP contribution in [0.25, 0.3) is 0 Å². The number of nitrogens with zero attached hydrogens (tertiary/aromatic N) is 1. The molecule has 4 nitrogen and oxygen atoms in total. The lowest BCUT2D eigenvalue weighted by molar-refractivity contribution is 0.0697. The molecule has 0 atom stereocenters. The third-order valence-corrected chi connectivity index (χ3v) is 3.95. The number of likely N-dealkylation sites (N-methyl/N-ethyl adjacent to an activating group) is 1. The van der Waals surface area contributed by atoms with Crippen LogP contribution in [0.1, 0.15) is 28.1 Å². The van der Waals surface area contributed by atoms with E-state index in [9.17, 15) is 4.79 Å². The van der Waals surface area contributed by atoms with Crippen molar-refractivity contribution < 1.29 is 9.90 Å². The Morgan fingerprint density at radius 1 is 1.65 bits per heavy atom. The number of carbonyl (C=O) groups is 1. The molecular formula is C12H18N2O2S. The minimum atomic E-state index is -0.846. The second-order valence-corrected chi connectivity index (χ2v) is 5.49. The van der Waals surface area contributed by atoms with Crippen molar-refractivity contribution in [1.29, 1.82) is 0 Å². The first-order valence-electron chi connectivity index (χ1n) is 5.88. The maximum Gasteiger partial charge on any atom is 0.336 e. The fourth-order valence-corrected chi connectivity index (χ4v) is 2.58. The average Bonchev–Trinajstić information content (AvgIpc) is 3.03. The monoisotopic (exact) mass is 254 g/mol. The van der Waals surface area contributed by atoms with E-state index < -0.39 is 5.97 Å². The Kier molecular flexibility index (Phi) is 4.15. The van der Waals surface area contributed by atoms with Gasteiger partial charge in [-0.3, -0.25) is 0 Å². The van der Waals surface area contributed by atoms with E-state index >= 15 is 0 Å². The largest absolute Gasteiger partial charge is 0.478 e. The molecule has 0 radical (unpaired) electrons. The van der Waals surface area contributed by atoms with E-state index in [2.05, 4.69) is 17.3 Å². The fourth-order valence-electron chi connectivity index (χ4n) is 1.75. The highest BCUT2D eigenvalue weighted by Gasteiger charge is 2.25. The summed E-state index contributed by atoms with van der Waals surface area (Å²) in [5.74, 6) is -0.846. The molecule has 5 heteroatoms. The number of nitrogens with one attached hydrogen (secondary N) is 1. The van der Waals surface area contributed by atoms with Crippen molar-refractivity contribution in [3.8, 4) is 0 Å². The second kappa shape index (κ2) is 5.62. The van der Waals surface area contributed by atoms with Gasteiger partial charge in [0.2, 0.25) is 0 Å². The molecule has 1 fully saturated rings. The normalized spacial score (nSPS) is 15.4. The van der Waals surface area contributed by atoms with Gasteiger partial charge in [0.15, 0.2) is 0 Å². The Morgan fingerprint density at radius 3 is 3.00 bits per heavy atom. The van der Waals surface area contributed by atoms with Crippen molar-refractivity contribution in [1.82, 2.24) is 10.2 Å². The summed E-state index contributed by atoms with van der Waals surface area (Å²) < 4.78 is 0. The molecule has 1 saturated carbocycles. The van der Waals surface area contributed by atoms with Crippen molar-refractivity contribution in [2.45, 2.75) is 25.4 Å². The molecule has 0 aromatic carbocycles. The van der Waals surface area contributed by atoms with Crippen molar-refractivity contribution in [2.75, 3.05) is 20.1 Å². The van der Waals surface area contributed by atoms with Gasteiger partial charge < -0.3 is 15.3 Å². The van der Waals surface area contributed by atoms with Crippen LogP contribution in [0.2, 0.25) is 0 Å². The van der Waals surface area contributed by atoms with Crippen LogP contribution in [0, 0.1) is 0 Å². The molecule has 1 aromatic rings. The molecule has 0 bridgehead atoms. The molecule has 0 aliphatic heterocycles. The van der Waals surface area contributed by atoms with Gasteiger partial charge in [-0.05, 0) is 26.0 Å². The molecule has 1 heterocycles. The van der Waals surface area contributed by atoms with Crippen molar-refractivity contribution >= 4 is 17.3 Å². The predicted molar refractivity (Wildman–Crippen MR) is 68.6 cm³/mol. The Balaban J connectivity index is 1.65. The molecule has 1 aliphatic carbocycles. The van der Waals surface area contributed by atoms with E-state index in [1.807, 2.05) is 0 Å². The fraction of sp³-hybridized carbons (Fsp3) is 0.583. The number of hydrogen-bond donors (Lipinski definition) is 2. The van der Waals surface area contributed by atoms with Crippen LogP contribution in [0.15, 0.2) is 11.4 Å². The van der Waals surface area contributed by atoms with Gasteiger partial charge in [-0.15, -0.1) is 11.3 Å². The van der Waals surface area contributed by atoms with E-state index in [0.717, 1.165) is 30.6 Å². The molecule has 0 unspecified atom stereocenters. The highest BCUT2D eigenvalue weighted by Crippen LogP contribution is 2.24. The molecule has 0 spiro atoms. The number of carboxylic acid groups (broad SMARTS) is 1. The quantitative estimate of drug-likeness (QED) is 0.726. The number of hydrogen-bond acceptors (Lipinski definition) is 4. The predicted octanol–water partition coefficient (Wildman–Crippen LogP) is 1.63. The van der Waals surface area contributed by atoms with E-state index in [-0.39, 0.29) is 0 Å². The first kappa shape index (κ1) is 12.5. The van der Waals surface area contributed by atoms with Crippen LogP contribution in [-0.2, 0) is 6.54 Å². The second-order valence-electron chi connectivity index (χ2n) is 4.50. The zero-order valence-electron chi connectivity index (χ0n) is 9.98. The molecular weight excluding hydrogens is 236 g/mol. The first-order valence-corrected chi connectivity index (χ1v) is 6.76. The number of thiophene rings is 1. The zero-order chi connectivity index (χ0) is 12.3. The Hall–Kier alpha value is -0.910. The van der Waals surface area contributed by atoms with Crippen LogP contribution < -0.4 is 5.32 Å². The van der Waals surface area contributed by atoms with Gasteiger partial charge in [0, 0.05) is 35.9 Å². The molecule has 1 aromatic heterocycles. The summed E-state index contributed by atoms with van der Waals surface area (Å²) >= 11 is 1.50. The maximum absolute atomic E-state index is 10.7. The molecule has 1 aliphatic rings. The number of rotatable bonds is 7. The lowest BCUT2D eigenvalue weighted by atomic mass is 10.3. The van der Waals surface area contributed by atoms with Gasteiger partial charge in [-0.2, -0.15) is 0 Å². The van der Waals surface area contributed by atoms with Crippen molar-refractivity contribution in [2.24, 2.45) is 0 Å². The Bertz CT molecular complexity index is 388. The van der Waals surface area contributed by atoms with Crippen LogP contribution >= 0.6 is 11.3 Å². The molecule has 0 saturated heterocycles. The van der Waals surface area contributed by atoms with Gasteiger partial charge in [0.1, 0.15) is 0 Å². The minimum absolute atomic E-state index is 0.391. The van der Waals surface area contributed by atoms with Gasteiger partial charge in [0.25, 0.3) is 0 Å². The third kappa shape index (κ3) is 3.80. The highest BCUT2D eigenvalue weighted by molar-refractivity contribution is 7.10. The van der Waals surface area contributed by atoms with Gasteiger partial charge in [-0.1, -0.05) is 0 Å². The van der Waals surface area contributed by atoms with Crippen molar-refractivity contribution in [3.63, 3.8) is 0 Å².